The number of carbonyl (C=O) groups is 2. The van der Waals surface area contributed by atoms with Crippen LogP contribution in [0, 0.1) is 5.41 Å². The maximum atomic E-state index is 14.6. The Labute approximate surface area is 256 Å². The molecular formula is C29H30ClF2N9O3. The Balaban J connectivity index is 1.57. The van der Waals surface area contributed by atoms with Crippen molar-refractivity contribution in [1.82, 2.24) is 29.9 Å². The van der Waals surface area contributed by atoms with Crippen LogP contribution < -0.4 is 11.5 Å². The van der Waals surface area contributed by atoms with Crippen molar-refractivity contribution in [2.45, 2.75) is 45.3 Å². The molecule has 15 heteroatoms. The number of hydrogen-bond donors (Lipinski definition) is 3. The highest BCUT2D eigenvalue weighted by molar-refractivity contribution is 6.33. The molecule has 0 bridgehead atoms. The molecule has 2 amide bonds. The van der Waals surface area contributed by atoms with Gasteiger partial charge < -0.3 is 16.2 Å². The van der Waals surface area contributed by atoms with E-state index in [1.54, 1.807) is 42.5 Å². The van der Waals surface area contributed by atoms with E-state index in [1.807, 2.05) is 20.8 Å². The minimum Gasteiger partial charge on any atom is -0.447 e. The smallest absolute Gasteiger partial charge is 0.404 e. The van der Waals surface area contributed by atoms with Gasteiger partial charge in [0.15, 0.2) is 17.3 Å². The van der Waals surface area contributed by atoms with Crippen molar-refractivity contribution in [3.05, 3.63) is 77.3 Å². The number of nitrogens with zero attached hydrogens (tertiary/aromatic N) is 6. The number of primary amides is 1. The van der Waals surface area contributed by atoms with Crippen LogP contribution in [0.25, 0.3) is 22.5 Å². The van der Waals surface area contributed by atoms with Crippen molar-refractivity contribution in [3.63, 3.8) is 0 Å². The number of halogens is 3. The van der Waals surface area contributed by atoms with E-state index in [-0.39, 0.29) is 19.0 Å². The van der Waals surface area contributed by atoms with Crippen LogP contribution in [-0.2, 0) is 15.1 Å². The lowest BCUT2D eigenvalue weighted by Gasteiger charge is -2.34. The molecular weight excluding hydrogens is 596 g/mol. The zero-order chi connectivity index (χ0) is 31.8. The quantitative estimate of drug-likeness (QED) is 0.235. The fourth-order valence-electron chi connectivity index (χ4n) is 5.35. The average Bonchev–Trinajstić information content (AvgIpc) is 3.71. The summed E-state index contributed by atoms with van der Waals surface area (Å²) in [6.45, 7) is 2.82. The van der Waals surface area contributed by atoms with E-state index in [1.165, 1.54) is 23.6 Å². The maximum absolute atomic E-state index is 14.6. The number of benzene rings is 2. The first-order valence-corrected chi connectivity index (χ1v) is 13.9. The van der Waals surface area contributed by atoms with E-state index in [9.17, 15) is 18.4 Å². The number of ether oxygens (including phenoxy) is 1. The van der Waals surface area contributed by atoms with Crippen LogP contribution in [0.3, 0.4) is 0 Å². The zero-order valence-corrected chi connectivity index (χ0v) is 24.8. The first-order valence-electron chi connectivity index (χ1n) is 13.5. The van der Waals surface area contributed by atoms with Gasteiger partial charge in [0.05, 0.1) is 17.3 Å². The van der Waals surface area contributed by atoms with Gasteiger partial charge in [-0.05, 0) is 40.7 Å². The first kappa shape index (κ1) is 30.6. The summed E-state index contributed by atoms with van der Waals surface area (Å²) in [6.07, 6.45) is 3.15. The van der Waals surface area contributed by atoms with Gasteiger partial charge in [-0.25, -0.2) is 19.5 Å². The minimum absolute atomic E-state index is 0.0872. The molecule has 0 radical (unpaired) electrons. The van der Waals surface area contributed by atoms with Crippen molar-refractivity contribution in [1.29, 1.82) is 0 Å². The van der Waals surface area contributed by atoms with Crippen LogP contribution in [0.4, 0.5) is 13.6 Å². The number of nitrogens with two attached hydrogens (primary N) is 2. The number of guanidine groups is 1. The van der Waals surface area contributed by atoms with Gasteiger partial charge in [-0.15, -0.1) is 0 Å². The molecule has 2 atom stereocenters. The highest BCUT2D eigenvalue weighted by atomic mass is 35.5. The Hall–Kier alpha value is -4.85. The Kier molecular flexibility index (Phi) is 8.12. The van der Waals surface area contributed by atoms with Gasteiger partial charge in [0.25, 0.3) is 5.91 Å². The first-order chi connectivity index (χ1) is 20.8. The molecule has 2 aromatic heterocycles. The summed E-state index contributed by atoms with van der Waals surface area (Å²) < 4.78 is 31.9. The number of carbonyl (C=O) groups excluding carboxylic acids is 2. The van der Waals surface area contributed by atoms with E-state index in [4.69, 9.17) is 32.8 Å². The monoisotopic (exact) mass is 625 g/mol. The molecule has 0 spiro atoms. The molecule has 0 aliphatic carbocycles. The normalized spacial score (nSPS) is 17.7. The standard InChI is InChI=1S/C29H30ClF2N9O3/c1-28(2,3)14-29(19-7-4-16(5-8-19)18-11-37-40(12-18)25(31)32)24(42)41(26(33)38-29)22(13-44-27(34)43)17-6-9-21(30)20(10-17)23-35-15-36-39-23/h4-12,15,22,25H,13-14H2,1-3H3,(H2,33,38)(H2,34,43)(H,35,36,39)/t22-,29-/m1/s1. The lowest BCUT2D eigenvalue weighted by atomic mass is 9.75. The molecule has 0 saturated heterocycles. The SMILES string of the molecule is CC(C)(C)C[C@]1(c2ccc(-c3cnn(C(F)F)c3)cc2)N=C(N)N([C@H](COC(N)=O)c2ccc(Cl)c(-c3ncn[nH]3)c2)C1=O. The van der Waals surface area contributed by atoms with Crippen molar-refractivity contribution in [2.24, 2.45) is 21.9 Å². The third-order valence-corrected chi connectivity index (χ3v) is 7.48. The molecule has 5 rings (SSSR count). The Morgan fingerprint density at radius 3 is 2.48 bits per heavy atom. The van der Waals surface area contributed by atoms with Gasteiger partial charge in [0, 0.05) is 17.3 Å². The lowest BCUT2D eigenvalue weighted by molar-refractivity contribution is -0.135. The van der Waals surface area contributed by atoms with Crippen LogP contribution in [0.2, 0.25) is 5.02 Å². The molecule has 0 fully saturated rings. The van der Waals surface area contributed by atoms with Crippen LogP contribution in [0.5, 0.6) is 0 Å². The van der Waals surface area contributed by atoms with Crippen molar-refractivity contribution in [3.8, 4) is 22.5 Å². The van der Waals surface area contributed by atoms with Gasteiger partial charge in [-0.1, -0.05) is 62.7 Å². The number of amides is 2. The van der Waals surface area contributed by atoms with Crippen LogP contribution in [0.1, 0.15) is 50.9 Å². The lowest BCUT2D eigenvalue weighted by Crippen LogP contribution is -2.47. The average molecular weight is 626 g/mol. The van der Waals surface area contributed by atoms with Crippen LogP contribution in [-0.4, -0.2) is 54.4 Å². The summed E-state index contributed by atoms with van der Waals surface area (Å²) in [5.74, 6) is -0.143. The summed E-state index contributed by atoms with van der Waals surface area (Å²) in [7, 11) is 0. The molecule has 3 heterocycles. The molecule has 44 heavy (non-hydrogen) atoms. The van der Waals surface area contributed by atoms with Crippen molar-refractivity contribution < 1.29 is 23.1 Å². The van der Waals surface area contributed by atoms with Gasteiger partial charge in [-0.2, -0.15) is 19.0 Å². The number of aliphatic imine (C=N–C) groups is 1. The fraction of sp³-hybridized carbons (Fsp3) is 0.310. The summed E-state index contributed by atoms with van der Waals surface area (Å²) in [6, 6.07) is 10.9. The number of rotatable bonds is 9. The Morgan fingerprint density at radius 2 is 1.89 bits per heavy atom. The van der Waals surface area contributed by atoms with Crippen LogP contribution >= 0.6 is 11.6 Å². The third-order valence-electron chi connectivity index (χ3n) is 7.15. The van der Waals surface area contributed by atoms with Gasteiger partial charge in [0.1, 0.15) is 12.9 Å². The minimum atomic E-state index is -2.77. The number of aromatic amines is 1. The predicted octanol–water partition coefficient (Wildman–Crippen LogP) is 5.01. The second-order valence-electron chi connectivity index (χ2n) is 11.5. The summed E-state index contributed by atoms with van der Waals surface area (Å²) in [4.78, 5) is 36.5. The topological polar surface area (TPSA) is 170 Å². The largest absolute Gasteiger partial charge is 0.447 e. The predicted molar refractivity (Wildman–Crippen MR) is 158 cm³/mol. The number of aromatic nitrogens is 5. The second kappa shape index (κ2) is 11.7. The van der Waals surface area contributed by atoms with Gasteiger partial charge in [-0.3, -0.25) is 14.8 Å². The molecule has 230 valence electrons. The van der Waals surface area contributed by atoms with E-state index < -0.39 is 35.5 Å². The fourth-order valence-corrected chi connectivity index (χ4v) is 5.56. The molecule has 1 aliphatic heterocycles. The molecule has 0 saturated carbocycles. The molecule has 2 aromatic carbocycles. The summed E-state index contributed by atoms with van der Waals surface area (Å²) >= 11 is 6.44. The number of alkyl halides is 2. The number of nitrogens with one attached hydrogen (secondary N) is 1. The molecule has 0 unspecified atom stereocenters. The van der Waals surface area contributed by atoms with Gasteiger partial charge in [0.2, 0.25) is 0 Å². The molecule has 4 aromatic rings. The zero-order valence-electron chi connectivity index (χ0n) is 24.0. The van der Waals surface area contributed by atoms with Gasteiger partial charge >= 0.3 is 12.6 Å². The maximum Gasteiger partial charge on any atom is 0.404 e. The summed E-state index contributed by atoms with van der Waals surface area (Å²) in [5.41, 5.74) is 12.6. The number of H-pyrrole nitrogens is 1. The van der Waals surface area contributed by atoms with Crippen molar-refractivity contribution in [2.75, 3.05) is 6.61 Å². The number of hydrogen-bond acceptors (Lipinski definition) is 8. The van der Waals surface area contributed by atoms with E-state index >= 15 is 0 Å². The third kappa shape index (κ3) is 5.97. The Morgan fingerprint density at radius 1 is 1.16 bits per heavy atom. The molecule has 12 nitrogen and oxygen atoms in total. The van der Waals surface area contributed by atoms with E-state index in [0.29, 0.717) is 43.3 Å². The second-order valence-corrected chi connectivity index (χ2v) is 11.9. The van der Waals surface area contributed by atoms with Crippen molar-refractivity contribution >= 4 is 29.6 Å². The highest BCUT2D eigenvalue weighted by Crippen LogP contribution is 2.45. The van der Waals surface area contributed by atoms with E-state index in [0.717, 1.165) is 0 Å². The van der Waals surface area contributed by atoms with Crippen LogP contribution in [0.15, 0.2) is 66.2 Å². The highest BCUT2D eigenvalue weighted by Gasteiger charge is 2.53. The van der Waals surface area contributed by atoms with E-state index in [2.05, 4.69) is 20.3 Å². The molecule has 1 aliphatic rings. The summed E-state index contributed by atoms with van der Waals surface area (Å²) in [5, 5.41) is 10.7. The Bertz CT molecular complexity index is 1700. The molecule has 5 N–H and O–H groups in total.